The van der Waals surface area contributed by atoms with E-state index in [0.717, 1.165) is 35.6 Å². The molecule has 0 bridgehead atoms. The Morgan fingerprint density at radius 1 is 1.19 bits per heavy atom. The van der Waals surface area contributed by atoms with Gasteiger partial charge in [-0.2, -0.15) is 0 Å². The number of halogens is 1. The summed E-state index contributed by atoms with van der Waals surface area (Å²) in [6.07, 6.45) is 3.08. The van der Waals surface area contributed by atoms with Crippen LogP contribution in [0.25, 0.3) is 10.8 Å². The van der Waals surface area contributed by atoms with Crippen LogP contribution in [0.1, 0.15) is 30.0 Å². The molecule has 0 saturated carbocycles. The molecule has 1 aliphatic rings. The van der Waals surface area contributed by atoms with Gasteiger partial charge in [0.2, 0.25) is 0 Å². The summed E-state index contributed by atoms with van der Waals surface area (Å²) in [5, 5.41) is 1.75. The summed E-state index contributed by atoms with van der Waals surface area (Å²) in [5.74, 6) is -0.147. The first-order valence-corrected chi connectivity index (χ1v) is 5.73. The quantitative estimate of drug-likeness (QED) is 0.716. The fourth-order valence-electron chi connectivity index (χ4n) is 2.68. The summed E-state index contributed by atoms with van der Waals surface area (Å²) in [5.41, 5.74) is 8.29. The van der Waals surface area contributed by atoms with Crippen molar-refractivity contribution in [2.24, 2.45) is 5.73 Å². The molecule has 2 aromatic rings. The molecule has 0 fully saturated rings. The molecule has 0 amide bonds. The van der Waals surface area contributed by atoms with Crippen LogP contribution < -0.4 is 5.73 Å². The van der Waals surface area contributed by atoms with Crippen molar-refractivity contribution < 1.29 is 4.39 Å². The predicted octanol–water partition coefficient (Wildman–Crippen LogP) is 3.32. The van der Waals surface area contributed by atoms with Gasteiger partial charge >= 0.3 is 0 Å². The van der Waals surface area contributed by atoms with Crippen LogP contribution in [0, 0.1) is 5.82 Å². The van der Waals surface area contributed by atoms with Gasteiger partial charge in [0.25, 0.3) is 0 Å². The van der Waals surface area contributed by atoms with E-state index in [0.29, 0.717) is 0 Å². The molecule has 0 radical (unpaired) electrons. The SMILES string of the molecule is N[C@@H]1CCCc2c1cc(F)c1ccccc21. The minimum atomic E-state index is -0.147. The monoisotopic (exact) mass is 215 g/mol. The maximum absolute atomic E-state index is 13.9. The number of benzene rings is 2. The van der Waals surface area contributed by atoms with Crippen LogP contribution in [0.15, 0.2) is 30.3 Å². The highest BCUT2D eigenvalue weighted by Crippen LogP contribution is 2.34. The van der Waals surface area contributed by atoms with E-state index in [1.165, 1.54) is 5.56 Å². The van der Waals surface area contributed by atoms with Crippen molar-refractivity contribution in [1.82, 2.24) is 0 Å². The molecule has 1 atom stereocenters. The van der Waals surface area contributed by atoms with Gasteiger partial charge in [-0.05, 0) is 41.8 Å². The molecule has 1 aliphatic carbocycles. The average Bonchev–Trinajstić information content (AvgIpc) is 2.31. The smallest absolute Gasteiger partial charge is 0.131 e. The van der Waals surface area contributed by atoms with Gasteiger partial charge in [-0.25, -0.2) is 4.39 Å². The first-order chi connectivity index (χ1) is 7.77. The fourth-order valence-corrected chi connectivity index (χ4v) is 2.68. The molecule has 0 aliphatic heterocycles. The third-order valence-electron chi connectivity index (χ3n) is 3.48. The fraction of sp³-hybridized carbons (Fsp3) is 0.286. The van der Waals surface area contributed by atoms with Crippen molar-refractivity contribution >= 4 is 10.8 Å². The highest BCUT2D eigenvalue weighted by atomic mass is 19.1. The van der Waals surface area contributed by atoms with Crippen LogP contribution in [0.3, 0.4) is 0 Å². The van der Waals surface area contributed by atoms with Crippen LogP contribution in [-0.4, -0.2) is 0 Å². The van der Waals surface area contributed by atoms with Gasteiger partial charge in [-0.3, -0.25) is 0 Å². The number of hydrogen-bond donors (Lipinski definition) is 1. The Balaban J connectivity index is 2.38. The zero-order valence-electron chi connectivity index (χ0n) is 9.04. The second-order valence-corrected chi connectivity index (χ2v) is 4.47. The summed E-state index contributed by atoms with van der Waals surface area (Å²) in [6, 6.07) is 9.30. The molecule has 2 heteroatoms. The van der Waals surface area contributed by atoms with Gasteiger partial charge in [0.05, 0.1) is 0 Å². The molecular formula is C14H14FN. The lowest BCUT2D eigenvalue weighted by molar-refractivity contribution is 0.563. The van der Waals surface area contributed by atoms with Gasteiger partial charge in [0.15, 0.2) is 0 Å². The lowest BCUT2D eigenvalue weighted by Gasteiger charge is -2.24. The van der Waals surface area contributed by atoms with E-state index >= 15 is 0 Å². The molecule has 0 heterocycles. The van der Waals surface area contributed by atoms with E-state index in [2.05, 4.69) is 0 Å². The van der Waals surface area contributed by atoms with Crippen LogP contribution in [-0.2, 0) is 6.42 Å². The summed E-state index contributed by atoms with van der Waals surface area (Å²) in [6.45, 7) is 0. The molecule has 0 saturated heterocycles. The second-order valence-electron chi connectivity index (χ2n) is 4.47. The Labute approximate surface area is 94.1 Å². The maximum Gasteiger partial charge on any atom is 0.131 e. The zero-order valence-corrected chi connectivity index (χ0v) is 9.04. The minimum Gasteiger partial charge on any atom is -0.324 e. The molecule has 2 aromatic carbocycles. The van der Waals surface area contributed by atoms with E-state index in [9.17, 15) is 4.39 Å². The summed E-state index contributed by atoms with van der Waals surface area (Å²) >= 11 is 0. The van der Waals surface area contributed by atoms with Crippen LogP contribution in [0.2, 0.25) is 0 Å². The van der Waals surface area contributed by atoms with Gasteiger partial charge in [-0.15, -0.1) is 0 Å². The molecule has 2 N–H and O–H groups in total. The van der Waals surface area contributed by atoms with Crippen LogP contribution in [0.4, 0.5) is 4.39 Å². The van der Waals surface area contributed by atoms with Gasteiger partial charge in [-0.1, -0.05) is 24.3 Å². The number of nitrogens with two attached hydrogens (primary N) is 1. The molecular weight excluding hydrogens is 201 g/mol. The topological polar surface area (TPSA) is 26.0 Å². The third kappa shape index (κ3) is 1.34. The maximum atomic E-state index is 13.9. The largest absolute Gasteiger partial charge is 0.324 e. The Hall–Kier alpha value is -1.41. The van der Waals surface area contributed by atoms with Crippen molar-refractivity contribution in [3.8, 4) is 0 Å². The van der Waals surface area contributed by atoms with E-state index in [4.69, 9.17) is 5.73 Å². The first kappa shape index (κ1) is 9.79. The van der Waals surface area contributed by atoms with Crippen molar-refractivity contribution in [1.29, 1.82) is 0 Å². The lowest BCUT2D eigenvalue weighted by atomic mass is 9.85. The van der Waals surface area contributed by atoms with E-state index in [1.54, 1.807) is 6.07 Å². The predicted molar refractivity (Wildman–Crippen MR) is 63.8 cm³/mol. The molecule has 1 nitrogen and oxygen atoms in total. The summed E-state index contributed by atoms with van der Waals surface area (Å²) in [7, 11) is 0. The Morgan fingerprint density at radius 2 is 1.94 bits per heavy atom. The van der Waals surface area contributed by atoms with Crippen LogP contribution in [0.5, 0.6) is 0 Å². The van der Waals surface area contributed by atoms with Crippen LogP contribution >= 0.6 is 0 Å². The Kier molecular flexibility index (Phi) is 2.18. The highest BCUT2D eigenvalue weighted by Gasteiger charge is 2.20. The van der Waals surface area contributed by atoms with Crippen molar-refractivity contribution in [2.75, 3.05) is 0 Å². The molecule has 0 aromatic heterocycles. The first-order valence-electron chi connectivity index (χ1n) is 5.73. The number of aryl methyl sites for hydroxylation is 1. The van der Waals surface area contributed by atoms with E-state index in [1.807, 2.05) is 24.3 Å². The lowest BCUT2D eigenvalue weighted by Crippen LogP contribution is -2.18. The van der Waals surface area contributed by atoms with Crippen molar-refractivity contribution in [2.45, 2.75) is 25.3 Å². The normalized spacial score (nSPS) is 19.8. The molecule has 3 rings (SSSR count). The Morgan fingerprint density at radius 3 is 2.75 bits per heavy atom. The standard InChI is InChI=1S/C14H14FN/c15-13-8-12-10(6-3-7-14(12)16)9-4-1-2-5-11(9)13/h1-2,4-5,8,14H,3,6-7,16H2/t14-/m1/s1. The molecule has 82 valence electrons. The van der Waals surface area contributed by atoms with E-state index < -0.39 is 0 Å². The highest BCUT2D eigenvalue weighted by molar-refractivity contribution is 5.87. The second kappa shape index (κ2) is 3.56. The molecule has 0 unspecified atom stereocenters. The minimum absolute atomic E-state index is 0.00264. The number of fused-ring (bicyclic) bond motifs is 3. The average molecular weight is 215 g/mol. The zero-order chi connectivity index (χ0) is 11.1. The number of hydrogen-bond acceptors (Lipinski definition) is 1. The van der Waals surface area contributed by atoms with Gasteiger partial charge in [0, 0.05) is 11.4 Å². The summed E-state index contributed by atoms with van der Waals surface area (Å²) < 4.78 is 13.9. The molecule has 16 heavy (non-hydrogen) atoms. The van der Waals surface area contributed by atoms with Crippen molar-refractivity contribution in [3.05, 3.63) is 47.3 Å². The Bertz CT molecular complexity index is 548. The van der Waals surface area contributed by atoms with Gasteiger partial charge < -0.3 is 5.73 Å². The number of rotatable bonds is 0. The van der Waals surface area contributed by atoms with E-state index in [-0.39, 0.29) is 11.9 Å². The summed E-state index contributed by atoms with van der Waals surface area (Å²) in [4.78, 5) is 0. The molecule has 0 spiro atoms. The van der Waals surface area contributed by atoms with Crippen molar-refractivity contribution in [3.63, 3.8) is 0 Å². The van der Waals surface area contributed by atoms with Gasteiger partial charge in [0.1, 0.15) is 5.82 Å². The third-order valence-corrected chi connectivity index (χ3v) is 3.48.